The van der Waals surface area contributed by atoms with Gasteiger partial charge in [-0.25, -0.2) is 0 Å². The van der Waals surface area contributed by atoms with Crippen LogP contribution in [0.3, 0.4) is 0 Å². The van der Waals surface area contributed by atoms with E-state index >= 15 is 0 Å². The second-order valence-electron chi connectivity index (χ2n) is 17.5. The predicted molar refractivity (Wildman–Crippen MR) is 202 cm³/mol. The zero-order valence-corrected chi connectivity index (χ0v) is 35.2. The molecule has 2 rings (SSSR count). The summed E-state index contributed by atoms with van der Waals surface area (Å²) in [4.78, 5) is 14.0. The van der Waals surface area contributed by atoms with Crippen molar-refractivity contribution in [1.29, 1.82) is 0 Å². The molecular weight excluding hydrogens is 628 g/mol. The molecule has 2 unspecified atom stereocenters. The Morgan fingerprint density at radius 1 is 0.733 bits per heavy atom. The van der Waals surface area contributed by atoms with Crippen LogP contribution < -0.4 is 9.70 Å². The first-order chi connectivity index (χ1) is 20.3. The number of rotatable bonds is 10. The fraction of sp³-hybridized carbons (Fsp3) is 0.659. The van der Waals surface area contributed by atoms with Gasteiger partial charge in [0, 0.05) is 0 Å². The number of methoxy groups -OCH3 is 1. The molecule has 4 heteroatoms. The third-order valence-electron chi connectivity index (χ3n) is 9.20. The molecule has 45 heavy (non-hydrogen) atoms. The van der Waals surface area contributed by atoms with Gasteiger partial charge in [0.25, 0.3) is 0 Å². The molecule has 251 valence electrons. The van der Waals surface area contributed by atoms with Crippen LogP contribution >= 0.6 is 7.92 Å². The summed E-state index contributed by atoms with van der Waals surface area (Å²) in [5.41, 5.74) is 7.43. The first kappa shape index (κ1) is 40.1. The topological polar surface area (TPSA) is 26.3 Å². The van der Waals surface area contributed by atoms with Crippen LogP contribution in [0.4, 0.5) is 0 Å². The molecular formula is C41H65GeO2P-. The molecule has 3 radical (unpaired) electrons. The molecule has 0 spiro atoms. The zero-order chi connectivity index (χ0) is 35.0. The summed E-state index contributed by atoms with van der Waals surface area (Å²) in [5.74, 6) is 1.27. The number of hydrogen-bond donors (Lipinski definition) is 0. The quantitative estimate of drug-likeness (QED) is 0.107. The van der Waals surface area contributed by atoms with E-state index in [1.807, 2.05) is 0 Å². The molecule has 0 aliphatic heterocycles. The van der Waals surface area contributed by atoms with Crippen molar-refractivity contribution in [3.8, 4) is 0 Å². The average Bonchev–Trinajstić information content (AvgIpc) is 2.89. The summed E-state index contributed by atoms with van der Waals surface area (Å²) >= 11 is -2.26. The van der Waals surface area contributed by atoms with Gasteiger partial charge in [0.05, 0.1) is 0 Å². The number of hydrogen-bond acceptors (Lipinski definition) is 2. The first-order valence-corrected chi connectivity index (χ1v) is 22.1. The third-order valence-corrected chi connectivity index (χ3v) is 19.9. The van der Waals surface area contributed by atoms with Gasteiger partial charge in [0.1, 0.15) is 0 Å². The van der Waals surface area contributed by atoms with Crippen molar-refractivity contribution in [3.05, 3.63) is 64.3 Å². The molecule has 0 aliphatic carbocycles. The summed E-state index contributed by atoms with van der Waals surface area (Å²) in [7, 11) is -0.0739. The van der Waals surface area contributed by atoms with Crippen molar-refractivity contribution in [2.24, 2.45) is 0 Å². The molecule has 0 saturated heterocycles. The normalized spacial score (nSPS) is 14.7. The SMILES string of the molecule is [C-]P(c1c(C(C)C)cc(C(C)(C)C)cc1C(C)(C)C)C([CH2][Ge]([c]1c(C(C)C)cc(C(C)C)cc1C(C)C)[C](C)(C)C)C(=O)OC. The van der Waals surface area contributed by atoms with Gasteiger partial charge >= 0.3 is 286 Å². The van der Waals surface area contributed by atoms with Crippen LogP contribution in [0.1, 0.15) is 175 Å². The second kappa shape index (κ2) is 15.0. The van der Waals surface area contributed by atoms with Gasteiger partial charge in [-0.3, -0.25) is 0 Å². The van der Waals surface area contributed by atoms with Crippen LogP contribution in [-0.2, 0) is 20.4 Å². The van der Waals surface area contributed by atoms with Crippen LogP contribution in [0.2, 0.25) is 9.50 Å². The van der Waals surface area contributed by atoms with E-state index in [2.05, 4.69) is 142 Å². The summed E-state index contributed by atoms with van der Waals surface area (Å²) in [6.45, 7) is 49.2. The van der Waals surface area contributed by atoms with Gasteiger partial charge in [0.15, 0.2) is 0 Å². The van der Waals surface area contributed by atoms with E-state index in [1.165, 1.54) is 40.5 Å². The maximum absolute atomic E-state index is 14.0. The third kappa shape index (κ3) is 9.50. The first-order valence-electron chi connectivity index (χ1n) is 17.2. The molecule has 2 aromatic rings. The minimum absolute atomic E-state index is 0.0109. The number of esters is 1. The van der Waals surface area contributed by atoms with Crippen LogP contribution in [0.25, 0.3) is 0 Å². The molecule has 2 atom stereocenters. The van der Waals surface area contributed by atoms with Crippen molar-refractivity contribution in [1.82, 2.24) is 0 Å². The van der Waals surface area contributed by atoms with Crippen LogP contribution in [-0.4, -0.2) is 33.1 Å². The van der Waals surface area contributed by atoms with Crippen molar-refractivity contribution in [2.45, 2.75) is 167 Å². The van der Waals surface area contributed by atoms with Crippen molar-refractivity contribution in [2.75, 3.05) is 7.11 Å². The minimum atomic E-state index is -2.26. The number of ether oxygens (including phenoxy) is 1. The summed E-state index contributed by atoms with van der Waals surface area (Å²) in [5, 5.41) is 1.86. The van der Waals surface area contributed by atoms with Crippen molar-refractivity contribution in [3.63, 3.8) is 0 Å². The summed E-state index contributed by atoms with van der Waals surface area (Å²) in [6.07, 6.45) is 0. The Morgan fingerprint density at radius 3 is 1.53 bits per heavy atom. The van der Waals surface area contributed by atoms with Crippen molar-refractivity contribution >= 4 is 37.9 Å². The number of carbonyl (C=O) groups excluding carboxylic acids is 1. The van der Waals surface area contributed by atoms with Crippen LogP contribution in [0.5, 0.6) is 0 Å². The van der Waals surface area contributed by atoms with E-state index in [9.17, 15) is 11.5 Å². The predicted octanol–water partition coefficient (Wildman–Crippen LogP) is 11.2. The Kier molecular flexibility index (Phi) is 13.3. The molecule has 0 bridgehead atoms. The molecule has 0 heterocycles. The van der Waals surface area contributed by atoms with E-state index in [1.54, 1.807) is 4.40 Å². The van der Waals surface area contributed by atoms with Crippen LogP contribution in [0, 0.1) is 6.66 Å². The second-order valence-corrected chi connectivity index (χ2v) is 26.4. The van der Waals surface area contributed by atoms with Gasteiger partial charge in [-0.1, -0.05) is 0 Å². The summed E-state index contributed by atoms with van der Waals surface area (Å²) in [6, 6.07) is 9.61. The Hall–Kier alpha value is -1.12. The van der Waals surface area contributed by atoms with Gasteiger partial charge in [-0.2, -0.15) is 0 Å². The Labute approximate surface area is 285 Å². The monoisotopic (exact) mass is 694 g/mol. The van der Waals surface area contributed by atoms with E-state index in [0.717, 1.165) is 10.6 Å². The molecule has 2 aromatic carbocycles. The van der Waals surface area contributed by atoms with E-state index in [0.29, 0.717) is 17.8 Å². The average molecular weight is 694 g/mol. The van der Waals surface area contributed by atoms with E-state index < -0.39 is 27.9 Å². The molecule has 0 amide bonds. The molecule has 0 saturated carbocycles. The molecule has 0 fully saturated rings. The van der Waals surface area contributed by atoms with E-state index in [4.69, 9.17) is 4.74 Å². The summed E-state index contributed by atoms with van der Waals surface area (Å²) < 4.78 is 7.19. The molecule has 2 nitrogen and oxygen atoms in total. The van der Waals surface area contributed by atoms with E-state index in [-0.39, 0.29) is 27.0 Å². The van der Waals surface area contributed by atoms with Gasteiger partial charge < -0.3 is 0 Å². The maximum atomic E-state index is 14.0. The van der Waals surface area contributed by atoms with Gasteiger partial charge in [-0.15, -0.1) is 0 Å². The number of benzene rings is 2. The standard InChI is InChI=1S/C41H65GeO2P/c1-25(2)29-20-31(26(3)4)36(32(21-29)27(5)6)42(41(15,16)17)24-35(38(43)44-18)45(19)37-33(28(7)8)22-30(39(9,10)11)23-34(37)40(12,13)14/h20-23,25-28,35H,24H2,1-18H3/q-1. The Bertz CT molecular complexity index is 1290. The Morgan fingerprint density at radius 2 is 1.20 bits per heavy atom. The van der Waals surface area contributed by atoms with Crippen LogP contribution in [0.15, 0.2) is 24.3 Å². The Balaban J connectivity index is 2.99. The van der Waals surface area contributed by atoms with Gasteiger partial charge in [0.2, 0.25) is 0 Å². The number of carbonyl (C=O) groups is 1. The van der Waals surface area contributed by atoms with Crippen molar-refractivity contribution < 1.29 is 9.53 Å². The molecule has 0 N–H and O–H groups in total. The molecule has 0 aliphatic rings. The molecule has 0 aromatic heterocycles. The fourth-order valence-electron chi connectivity index (χ4n) is 6.22. The zero-order valence-electron chi connectivity index (χ0n) is 32.2. The fourth-order valence-corrected chi connectivity index (χ4v) is 17.8. The van der Waals surface area contributed by atoms with Gasteiger partial charge in [-0.05, 0) is 0 Å².